The molecule has 0 amide bonds. The summed E-state index contributed by atoms with van der Waals surface area (Å²) in [7, 11) is -3.19. The minimum absolute atomic E-state index is 0.0428. The minimum atomic E-state index is -3.19. The average molecular weight is 492 g/mol. The maximum atomic E-state index is 13.2. The number of ether oxygens (including phenoxy) is 3. The lowest BCUT2D eigenvalue weighted by Gasteiger charge is -2.48. The number of nitrogens with one attached hydrogen (secondary N) is 1. The van der Waals surface area contributed by atoms with Gasteiger partial charge in [0.2, 0.25) is 10.0 Å². The van der Waals surface area contributed by atoms with E-state index < -0.39 is 10.0 Å². The lowest BCUT2D eigenvalue weighted by Crippen LogP contribution is -2.48. The van der Waals surface area contributed by atoms with Gasteiger partial charge in [-0.1, -0.05) is 12.1 Å². The first-order chi connectivity index (χ1) is 16.1. The largest absolute Gasteiger partial charge is 0.493 e. The summed E-state index contributed by atoms with van der Waals surface area (Å²) in [6, 6.07) is 12.5. The molecule has 0 aliphatic carbocycles. The quantitative estimate of drug-likeness (QED) is 0.511. The summed E-state index contributed by atoms with van der Waals surface area (Å²) in [5.74, 6) is 1.51. The van der Waals surface area contributed by atoms with E-state index in [4.69, 9.17) is 14.2 Å². The minimum Gasteiger partial charge on any atom is -0.493 e. The summed E-state index contributed by atoms with van der Waals surface area (Å²) < 4.78 is 56.8. The van der Waals surface area contributed by atoms with E-state index in [-0.39, 0.29) is 29.5 Å². The highest BCUT2D eigenvalue weighted by Crippen LogP contribution is 2.51. The second-order valence-corrected chi connectivity index (χ2v) is 11.6. The Labute approximate surface area is 201 Å². The molecule has 1 N–H and O–H groups in total. The van der Waals surface area contributed by atoms with E-state index in [2.05, 4.69) is 18.6 Å². The predicted molar refractivity (Wildman–Crippen MR) is 129 cm³/mol. The van der Waals surface area contributed by atoms with Crippen molar-refractivity contribution in [2.75, 3.05) is 19.4 Å². The molecule has 0 spiro atoms. The predicted octanol–water partition coefficient (Wildman–Crippen LogP) is 4.78. The monoisotopic (exact) mass is 491 g/mol. The number of benzene rings is 2. The van der Waals surface area contributed by atoms with Crippen LogP contribution in [0.2, 0.25) is 0 Å². The molecule has 0 unspecified atom stereocenters. The van der Waals surface area contributed by atoms with Crippen molar-refractivity contribution in [2.24, 2.45) is 5.92 Å². The second kappa shape index (κ2) is 10.2. The van der Waals surface area contributed by atoms with Crippen molar-refractivity contribution in [3.8, 4) is 11.5 Å². The van der Waals surface area contributed by atoms with Gasteiger partial charge >= 0.3 is 0 Å². The van der Waals surface area contributed by atoms with Crippen molar-refractivity contribution in [3.05, 3.63) is 59.4 Å². The highest BCUT2D eigenvalue weighted by molar-refractivity contribution is 7.88. The number of rotatable bonds is 9. The molecular weight excluding hydrogens is 457 g/mol. The smallest absolute Gasteiger partial charge is 0.208 e. The maximum absolute atomic E-state index is 13.2. The summed E-state index contributed by atoms with van der Waals surface area (Å²) in [6.45, 7) is 4.96. The standard InChI is InChI=1S/C26H34FNO5S/c1-26(2)23-14-12-20(10-7-18-5-8-19(27)9-6-18)32-25(23)22-13-11-21(17-24(22)33-26)31-16-4-15-28-34(3,29)30/h5-6,8-9,11,13,17,20,23,25,28H,4,7,10,12,14-16H2,1-3H3/t20-,23-,25+/m1/s1. The SMILES string of the molecule is CC1(C)Oc2cc(OCCCNS(C)(=O)=O)ccc2[C@@H]2O[C@H](CCc3ccc(F)cc3)CC[C@H]21. The van der Waals surface area contributed by atoms with E-state index in [1.54, 1.807) is 0 Å². The zero-order valence-corrected chi connectivity index (χ0v) is 20.9. The van der Waals surface area contributed by atoms with Gasteiger partial charge in [-0.25, -0.2) is 17.5 Å². The van der Waals surface area contributed by atoms with E-state index >= 15 is 0 Å². The molecular formula is C26H34FNO5S. The van der Waals surface area contributed by atoms with Crippen LogP contribution >= 0.6 is 0 Å². The third kappa shape index (κ3) is 6.29. The Hall–Kier alpha value is -2.16. The van der Waals surface area contributed by atoms with Crippen LogP contribution in [-0.4, -0.2) is 39.5 Å². The van der Waals surface area contributed by atoms with Crippen LogP contribution in [0.1, 0.15) is 56.8 Å². The summed E-state index contributed by atoms with van der Waals surface area (Å²) >= 11 is 0. The lowest BCUT2D eigenvalue weighted by molar-refractivity contribution is -0.150. The van der Waals surface area contributed by atoms with Crippen LogP contribution in [0, 0.1) is 11.7 Å². The van der Waals surface area contributed by atoms with E-state index in [0.717, 1.165) is 48.8 Å². The fraction of sp³-hybridized carbons (Fsp3) is 0.538. The molecule has 3 atom stereocenters. The number of hydrogen-bond donors (Lipinski definition) is 1. The number of hydrogen-bond acceptors (Lipinski definition) is 5. The van der Waals surface area contributed by atoms with Crippen molar-refractivity contribution < 1.29 is 27.0 Å². The van der Waals surface area contributed by atoms with E-state index in [9.17, 15) is 12.8 Å². The van der Waals surface area contributed by atoms with Crippen molar-refractivity contribution in [1.82, 2.24) is 4.72 Å². The van der Waals surface area contributed by atoms with Gasteiger partial charge in [0.25, 0.3) is 0 Å². The third-order valence-electron chi connectivity index (χ3n) is 6.68. The van der Waals surface area contributed by atoms with Crippen LogP contribution in [0.3, 0.4) is 0 Å². The first-order valence-electron chi connectivity index (χ1n) is 11.9. The molecule has 1 fully saturated rings. The third-order valence-corrected chi connectivity index (χ3v) is 7.41. The molecule has 34 heavy (non-hydrogen) atoms. The van der Waals surface area contributed by atoms with E-state index in [1.807, 2.05) is 30.3 Å². The molecule has 2 aromatic carbocycles. The van der Waals surface area contributed by atoms with Gasteiger partial charge in [-0.05, 0) is 75.8 Å². The van der Waals surface area contributed by atoms with Crippen LogP contribution in [-0.2, 0) is 21.2 Å². The molecule has 0 aromatic heterocycles. The normalized spacial score (nSPS) is 23.5. The molecule has 0 radical (unpaired) electrons. The Kier molecular flexibility index (Phi) is 7.50. The van der Waals surface area contributed by atoms with Crippen molar-refractivity contribution in [3.63, 3.8) is 0 Å². The molecule has 6 nitrogen and oxygen atoms in total. The van der Waals surface area contributed by atoms with Crippen molar-refractivity contribution in [2.45, 2.75) is 63.8 Å². The molecule has 2 heterocycles. The molecule has 0 saturated carbocycles. The van der Waals surface area contributed by atoms with Crippen LogP contribution in [0.25, 0.3) is 0 Å². The molecule has 1 saturated heterocycles. The zero-order valence-electron chi connectivity index (χ0n) is 20.1. The van der Waals surface area contributed by atoms with Crippen LogP contribution in [0.15, 0.2) is 42.5 Å². The van der Waals surface area contributed by atoms with Crippen molar-refractivity contribution >= 4 is 10.0 Å². The van der Waals surface area contributed by atoms with Gasteiger partial charge in [0.05, 0.1) is 25.1 Å². The van der Waals surface area contributed by atoms with E-state index in [0.29, 0.717) is 25.3 Å². The maximum Gasteiger partial charge on any atom is 0.208 e. The molecule has 4 rings (SSSR count). The molecule has 2 aliphatic heterocycles. The van der Waals surface area contributed by atoms with Gasteiger partial charge in [0.1, 0.15) is 22.9 Å². The fourth-order valence-electron chi connectivity index (χ4n) is 4.89. The van der Waals surface area contributed by atoms with Gasteiger partial charge in [0.15, 0.2) is 0 Å². The molecule has 2 aliphatic rings. The highest BCUT2D eigenvalue weighted by atomic mass is 32.2. The number of fused-ring (bicyclic) bond motifs is 3. The first-order valence-corrected chi connectivity index (χ1v) is 13.8. The Bertz CT molecular complexity index is 1090. The van der Waals surface area contributed by atoms with Crippen LogP contribution in [0.4, 0.5) is 4.39 Å². The second-order valence-electron chi connectivity index (χ2n) is 9.80. The lowest BCUT2D eigenvalue weighted by atomic mass is 9.75. The van der Waals surface area contributed by atoms with Gasteiger partial charge in [-0.2, -0.15) is 0 Å². The Morgan fingerprint density at radius 1 is 1.15 bits per heavy atom. The Balaban J connectivity index is 1.39. The molecule has 2 aromatic rings. The topological polar surface area (TPSA) is 73.9 Å². The number of halogens is 1. The fourth-order valence-corrected chi connectivity index (χ4v) is 5.40. The van der Waals surface area contributed by atoms with Crippen molar-refractivity contribution in [1.29, 1.82) is 0 Å². The number of aryl methyl sites for hydroxylation is 1. The molecule has 186 valence electrons. The Morgan fingerprint density at radius 3 is 2.65 bits per heavy atom. The summed E-state index contributed by atoms with van der Waals surface area (Å²) in [5, 5.41) is 0. The van der Waals surface area contributed by atoms with E-state index in [1.165, 1.54) is 12.1 Å². The first kappa shape index (κ1) is 24.9. The summed E-state index contributed by atoms with van der Waals surface area (Å²) in [4.78, 5) is 0. The summed E-state index contributed by atoms with van der Waals surface area (Å²) in [5.41, 5.74) is 1.80. The highest BCUT2D eigenvalue weighted by Gasteiger charge is 2.47. The van der Waals surface area contributed by atoms with Crippen LogP contribution < -0.4 is 14.2 Å². The Morgan fingerprint density at radius 2 is 1.91 bits per heavy atom. The van der Waals surface area contributed by atoms with Crippen LogP contribution in [0.5, 0.6) is 11.5 Å². The number of sulfonamides is 1. The van der Waals surface area contributed by atoms with Gasteiger partial charge in [0, 0.05) is 24.1 Å². The summed E-state index contributed by atoms with van der Waals surface area (Å²) in [6.07, 6.45) is 5.57. The molecule has 0 bridgehead atoms. The van der Waals surface area contributed by atoms with Gasteiger partial charge < -0.3 is 14.2 Å². The zero-order chi connectivity index (χ0) is 24.3. The van der Waals surface area contributed by atoms with Gasteiger partial charge in [-0.3, -0.25) is 0 Å². The molecule has 8 heteroatoms. The average Bonchev–Trinajstić information content (AvgIpc) is 2.77. The van der Waals surface area contributed by atoms with Gasteiger partial charge in [-0.15, -0.1) is 0 Å².